The molecular formula is C25H32N4O7S. The lowest BCUT2D eigenvalue weighted by atomic mass is 9.89. The van der Waals surface area contributed by atoms with E-state index in [-0.39, 0.29) is 46.8 Å². The Balaban J connectivity index is 1.31. The van der Waals surface area contributed by atoms with Crippen LogP contribution in [0.2, 0.25) is 0 Å². The zero-order valence-electron chi connectivity index (χ0n) is 21.2. The normalized spacial score (nSPS) is 21.8. The molecule has 1 N–H and O–H groups in total. The molecular weight excluding hydrogens is 500 g/mol. The number of hydrogen-bond acceptors (Lipinski definition) is 7. The van der Waals surface area contributed by atoms with Crippen LogP contribution in [0.15, 0.2) is 27.7 Å². The molecule has 0 bridgehead atoms. The Morgan fingerprint density at radius 2 is 1.76 bits per heavy atom. The summed E-state index contributed by atoms with van der Waals surface area (Å²) in [5.74, 6) is 0.842. The molecule has 1 aromatic carbocycles. The fraction of sp³-hybridized carbons (Fsp3) is 0.560. The van der Waals surface area contributed by atoms with Crippen LogP contribution in [0.4, 0.5) is 4.79 Å². The molecule has 0 radical (unpaired) electrons. The first-order valence-corrected chi connectivity index (χ1v) is 13.9. The highest BCUT2D eigenvalue weighted by molar-refractivity contribution is 7.89. The maximum atomic E-state index is 13.7. The van der Waals surface area contributed by atoms with Crippen molar-refractivity contribution >= 4 is 22.0 Å². The lowest BCUT2D eigenvalue weighted by Crippen LogP contribution is -2.42. The number of carboxylic acid groups (broad SMARTS) is 1. The third-order valence-corrected chi connectivity index (χ3v) is 9.82. The van der Waals surface area contributed by atoms with Crippen molar-refractivity contribution in [2.75, 3.05) is 33.3 Å². The number of likely N-dealkylation sites (tertiary alicyclic amines) is 2. The van der Waals surface area contributed by atoms with E-state index in [4.69, 9.17) is 9.15 Å². The zero-order chi connectivity index (χ0) is 26.5. The van der Waals surface area contributed by atoms with Gasteiger partial charge in [-0.25, -0.2) is 18.2 Å². The van der Waals surface area contributed by atoms with Crippen molar-refractivity contribution in [3.63, 3.8) is 0 Å². The summed E-state index contributed by atoms with van der Waals surface area (Å²) in [4.78, 5) is 32.2. The largest absolute Gasteiger partial charge is 0.497 e. The molecule has 1 aliphatic carbocycles. The molecule has 3 heterocycles. The van der Waals surface area contributed by atoms with Crippen LogP contribution in [0.3, 0.4) is 0 Å². The van der Waals surface area contributed by atoms with E-state index in [1.807, 2.05) is 0 Å². The third kappa shape index (κ3) is 4.91. The Morgan fingerprint density at radius 3 is 2.38 bits per heavy atom. The molecule has 1 aromatic heterocycles. The van der Waals surface area contributed by atoms with E-state index >= 15 is 0 Å². The van der Waals surface area contributed by atoms with Gasteiger partial charge in [0, 0.05) is 32.2 Å². The number of aryl methyl sites for hydroxylation is 2. The monoisotopic (exact) mass is 532 g/mol. The van der Waals surface area contributed by atoms with Crippen molar-refractivity contribution in [3.8, 4) is 5.75 Å². The first-order valence-electron chi connectivity index (χ1n) is 12.5. The van der Waals surface area contributed by atoms with Gasteiger partial charge in [-0.05, 0) is 68.2 Å². The first kappa shape index (κ1) is 25.5. The van der Waals surface area contributed by atoms with E-state index in [1.165, 1.54) is 15.5 Å². The summed E-state index contributed by atoms with van der Waals surface area (Å²) in [6.45, 7) is 5.35. The molecule has 1 saturated carbocycles. The molecule has 2 saturated heterocycles. The maximum absolute atomic E-state index is 13.7. The molecule has 2 aromatic rings. The molecule has 3 aliphatic rings. The number of hydrogen-bond donors (Lipinski definition) is 1. The highest BCUT2D eigenvalue weighted by Gasteiger charge is 2.42. The van der Waals surface area contributed by atoms with Gasteiger partial charge in [-0.3, -0.25) is 4.79 Å². The zero-order valence-corrected chi connectivity index (χ0v) is 22.0. The number of benzene rings is 1. The quantitative estimate of drug-likeness (QED) is 0.575. The van der Waals surface area contributed by atoms with Crippen molar-refractivity contribution in [2.24, 2.45) is 11.8 Å². The molecule has 2 amide bonds. The van der Waals surface area contributed by atoms with Crippen LogP contribution in [0.1, 0.15) is 46.8 Å². The summed E-state index contributed by atoms with van der Waals surface area (Å²) in [7, 11) is -2.30. The lowest BCUT2D eigenvalue weighted by molar-refractivity contribution is 0.0778. The molecule has 12 heteroatoms. The van der Waals surface area contributed by atoms with Crippen molar-refractivity contribution < 1.29 is 32.3 Å². The minimum Gasteiger partial charge on any atom is -0.497 e. The standard InChI is InChI=1S/C25H32N4O7S/c1-15-8-20(35-3)9-16(2)23(15)37(33,34)29(19-4-5-19)13-22-26-21(14-36-22)24(30)28-10-17-6-7-27(25(31)32)11-18(17)12-28/h8-9,14,17-19H,4-7,10-13H2,1-3H3,(H,31,32). The van der Waals surface area contributed by atoms with Gasteiger partial charge in [0.25, 0.3) is 5.91 Å². The topological polar surface area (TPSA) is 133 Å². The van der Waals surface area contributed by atoms with Crippen LogP contribution in [0, 0.1) is 25.7 Å². The smallest absolute Gasteiger partial charge is 0.407 e. The number of sulfonamides is 1. The summed E-state index contributed by atoms with van der Waals surface area (Å²) >= 11 is 0. The van der Waals surface area contributed by atoms with Gasteiger partial charge < -0.3 is 24.1 Å². The predicted octanol–water partition coefficient (Wildman–Crippen LogP) is 2.73. The summed E-state index contributed by atoms with van der Waals surface area (Å²) < 4.78 is 39.7. The van der Waals surface area contributed by atoms with E-state index in [1.54, 1.807) is 38.0 Å². The van der Waals surface area contributed by atoms with Gasteiger partial charge in [0.1, 0.15) is 12.0 Å². The number of ether oxygens (including phenoxy) is 1. The Morgan fingerprint density at radius 1 is 1.11 bits per heavy atom. The van der Waals surface area contributed by atoms with Gasteiger partial charge >= 0.3 is 6.09 Å². The highest BCUT2D eigenvalue weighted by Crippen LogP contribution is 2.37. The van der Waals surface area contributed by atoms with Crippen LogP contribution in [0.5, 0.6) is 5.75 Å². The second-order valence-corrected chi connectivity index (χ2v) is 12.1. The number of nitrogens with zero attached hydrogens (tertiary/aromatic N) is 4. The fourth-order valence-electron chi connectivity index (χ4n) is 5.61. The van der Waals surface area contributed by atoms with Crippen LogP contribution < -0.4 is 4.74 Å². The number of fused-ring (bicyclic) bond motifs is 1. The average Bonchev–Trinajstić information content (AvgIpc) is 3.41. The summed E-state index contributed by atoms with van der Waals surface area (Å²) in [6, 6.07) is 3.27. The first-order chi connectivity index (χ1) is 17.6. The predicted molar refractivity (Wildman–Crippen MR) is 132 cm³/mol. The Kier molecular flexibility index (Phi) is 6.65. The molecule has 200 valence electrons. The van der Waals surface area contributed by atoms with E-state index in [9.17, 15) is 23.1 Å². The maximum Gasteiger partial charge on any atom is 0.407 e. The minimum atomic E-state index is -3.85. The van der Waals surface area contributed by atoms with E-state index in [2.05, 4.69) is 4.98 Å². The Labute approximate surface area is 216 Å². The van der Waals surface area contributed by atoms with Gasteiger partial charge in [-0.1, -0.05) is 0 Å². The van der Waals surface area contributed by atoms with Gasteiger partial charge in [0.2, 0.25) is 15.9 Å². The van der Waals surface area contributed by atoms with Gasteiger partial charge in [0.05, 0.1) is 18.6 Å². The number of amides is 2. The molecule has 2 aliphatic heterocycles. The van der Waals surface area contributed by atoms with Crippen molar-refractivity contribution in [3.05, 3.63) is 41.1 Å². The van der Waals surface area contributed by atoms with Crippen LogP contribution in [-0.2, 0) is 16.6 Å². The van der Waals surface area contributed by atoms with E-state index < -0.39 is 16.1 Å². The molecule has 2 unspecified atom stereocenters. The average molecular weight is 533 g/mol. The summed E-state index contributed by atoms with van der Waals surface area (Å²) in [5.41, 5.74) is 1.33. The molecule has 3 fully saturated rings. The molecule has 2 atom stereocenters. The van der Waals surface area contributed by atoms with Gasteiger partial charge in [-0.2, -0.15) is 4.31 Å². The summed E-state index contributed by atoms with van der Waals surface area (Å²) in [6.07, 6.45) is 2.58. The highest BCUT2D eigenvalue weighted by atomic mass is 32.2. The summed E-state index contributed by atoms with van der Waals surface area (Å²) in [5, 5.41) is 9.28. The molecule has 11 nitrogen and oxygen atoms in total. The molecule has 0 spiro atoms. The Hall–Kier alpha value is -3.12. The van der Waals surface area contributed by atoms with E-state index in [0.717, 1.165) is 19.3 Å². The SMILES string of the molecule is COc1cc(C)c(S(=O)(=O)N(Cc2nc(C(=O)N3CC4CCN(C(=O)O)CC4C3)co2)C2CC2)c(C)c1. The van der Waals surface area contributed by atoms with Gasteiger partial charge in [-0.15, -0.1) is 0 Å². The number of rotatable bonds is 7. The number of carbonyl (C=O) groups is 2. The second-order valence-electron chi connectivity index (χ2n) is 10.2. The molecule has 37 heavy (non-hydrogen) atoms. The van der Waals surface area contributed by atoms with Crippen molar-refractivity contribution in [1.82, 2.24) is 19.1 Å². The number of aromatic nitrogens is 1. The number of carbonyl (C=O) groups excluding carboxylic acids is 1. The van der Waals surface area contributed by atoms with E-state index in [0.29, 0.717) is 43.1 Å². The lowest BCUT2D eigenvalue weighted by Gasteiger charge is -2.32. The molecule has 5 rings (SSSR count). The third-order valence-electron chi connectivity index (χ3n) is 7.61. The Bertz CT molecular complexity index is 1300. The van der Waals surface area contributed by atoms with Crippen molar-refractivity contribution in [1.29, 1.82) is 0 Å². The van der Waals surface area contributed by atoms with Crippen LogP contribution in [0.25, 0.3) is 0 Å². The van der Waals surface area contributed by atoms with Crippen LogP contribution >= 0.6 is 0 Å². The van der Waals surface area contributed by atoms with Crippen LogP contribution in [-0.4, -0.2) is 83.9 Å². The van der Waals surface area contributed by atoms with Crippen molar-refractivity contribution in [2.45, 2.75) is 50.6 Å². The second kappa shape index (κ2) is 9.64. The number of methoxy groups -OCH3 is 1. The number of oxazole rings is 1. The minimum absolute atomic E-state index is 0.0655. The number of piperidine rings is 1. The fourth-order valence-corrected chi connectivity index (χ4v) is 7.66. The van der Waals surface area contributed by atoms with Gasteiger partial charge in [0.15, 0.2) is 5.69 Å².